The maximum absolute atomic E-state index is 12.1. The van der Waals surface area contributed by atoms with Gasteiger partial charge in [0.15, 0.2) is 0 Å². The highest BCUT2D eigenvalue weighted by Gasteiger charge is 2.62. The average molecular weight is 492 g/mol. The lowest BCUT2D eigenvalue weighted by molar-refractivity contribution is -0.174. The first-order valence-corrected chi connectivity index (χ1v) is 14.3. The molecule has 4 aliphatic carbocycles. The standard InChI is InChI=1S/C29H49NO5/c1-17(6-5-7-18(2)27(35)30-16-25(33)34)21-8-9-22-26-23(11-13-29(21,22)4)28(3)12-10-20(31)14-19(28)15-24(26)32/h17-24,26,31-32H,5-16H2,1-4H3,(H,30,35)(H,33,34)/t17-,18?,19+,20-,21-,22+,23+,24-,26+,28+,29-/m1/s1. The van der Waals surface area contributed by atoms with Crippen LogP contribution in [0, 0.1) is 52.3 Å². The van der Waals surface area contributed by atoms with Gasteiger partial charge in [0.2, 0.25) is 5.91 Å². The van der Waals surface area contributed by atoms with E-state index >= 15 is 0 Å². The largest absolute Gasteiger partial charge is 0.480 e. The zero-order valence-corrected chi connectivity index (χ0v) is 22.3. The summed E-state index contributed by atoms with van der Waals surface area (Å²) in [7, 11) is 0. The molecule has 4 N–H and O–H groups in total. The molecule has 0 aromatic rings. The van der Waals surface area contributed by atoms with E-state index in [9.17, 15) is 19.8 Å². The minimum absolute atomic E-state index is 0.163. The van der Waals surface area contributed by atoms with Gasteiger partial charge in [0.05, 0.1) is 12.2 Å². The molecule has 4 fully saturated rings. The van der Waals surface area contributed by atoms with E-state index < -0.39 is 5.97 Å². The van der Waals surface area contributed by atoms with E-state index in [0.29, 0.717) is 35.5 Å². The fourth-order valence-corrected chi connectivity index (χ4v) is 9.59. The molecule has 0 bridgehead atoms. The molecule has 11 atom stereocenters. The number of amides is 1. The molecule has 4 rings (SSSR count). The van der Waals surface area contributed by atoms with Crippen LogP contribution in [0.2, 0.25) is 0 Å². The summed E-state index contributed by atoms with van der Waals surface area (Å²) in [5.41, 5.74) is 0.551. The summed E-state index contributed by atoms with van der Waals surface area (Å²) in [6, 6.07) is 0. The van der Waals surface area contributed by atoms with Crippen LogP contribution in [0.25, 0.3) is 0 Å². The molecule has 4 saturated carbocycles. The topological polar surface area (TPSA) is 107 Å². The van der Waals surface area contributed by atoms with Crippen molar-refractivity contribution >= 4 is 11.9 Å². The van der Waals surface area contributed by atoms with Crippen LogP contribution in [0.4, 0.5) is 0 Å². The van der Waals surface area contributed by atoms with Gasteiger partial charge < -0.3 is 20.6 Å². The summed E-state index contributed by atoms with van der Waals surface area (Å²) in [4.78, 5) is 22.8. The zero-order chi connectivity index (χ0) is 25.5. The number of carbonyl (C=O) groups excluding carboxylic acids is 1. The Kier molecular flexibility index (Phi) is 7.93. The second kappa shape index (κ2) is 10.3. The van der Waals surface area contributed by atoms with Crippen LogP contribution in [-0.4, -0.2) is 45.9 Å². The van der Waals surface area contributed by atoms with Crippen molar-refractivity contribution in [2.24, 2.45) is 52.3 Å². The highest BCUT2D eigenvalue weighted by molar-refractivity contribution is 5.82. The molecule has 0 aromatic carbocycles. The zero-order valence-electron chi connectivity index (χ0n) is 22.3. The molecule has 0 radical (unpaired) electrons. The highest BCUT2D eigenvalue weighted by Crippen LogP contribution is 2.68. The van der Waals surface area contributed by atoms with Crippen molar-refractivity contribution in [3.63, 3.8) is 0 Å². The summed E-state index contributed by atoms with van der Waals surface area (Å²) >= 11 is 0. The summed E-state index contributed by atoms with van der Waals surface area (Å²) in [5, 5.41) is 33.0. The molecule has 1 unspecified atom stereocenters. The molecule has 35 heavy (non-hydrogen) atoms. The van der Waals surface area contributed by atoms with E-state index in [-0.39, 0.29) is 41.4 Å². The lowest BCUT2D eigenvalue weighted by Crippen LogP contribution is -2.58. The smallest absolute Gasteiger partial charge is 0.322 e. The number of aliphatic carboxylic acids is 1. The highest BCUT2D eigenvalue weighted by atomic mass is 16.4. The summed E-state index contributed by atoms with van der Waals surface area (Å²) in [6.07, 6.45) is 11.1. The fraction of sp³-hybridized carbons (Fsp3) is 0.931. The van der Waals surface area contributed by atoms with Crippen LogP contribution >= 0.6 is 0 Å². The van der Waals surface area contributed by atoms with Gasteiger partial charge in [0.25, 0.3) is 0 Å². The van der Waals surface area contributed by atoms with Crippen molar-refractivity contribution in [2.45, 2.75) is 111 Å². The number of nitrogens with one attached hydrogen (secondary N) is 1. The van der Waals surface area contributed by atoms with E-state index in [1.807, 2.05) is 6.92 Å². The lowest BCUT2D eigenvalue weighted by Gasteiger charge is -2.62. The van der Waals surface area contributed by atoms with Crippen LogP contribution in [0.1, 0.15) is 98.3 Å². The van der Waals surface area contributed by atoms with Crippen LogP contribution in [0.3, 0.4) is 0 Å². The van der Waals surface area contributed by atoms with E-state index in [1.165, 1.54) is 25.7 Å². The third kappa shape index (κ3) is 5.03. The second-order valence-electron chi connectivity index (χ2n) is 13.4. The Morgan fingerprint density at radius 2 is 1.63 bits per heavy atom. The van der Waals surface area contributed by atoms with Crippen molar-refractivity contribution in [1.82, 2.24) is 5.32 Å². The fourth-order valence-electron chi connectivity index (χ4n) is 9.59. The molecule has 1 amide bonds. The number of hydrogen-bond acceptors (Lipinski definition) is 4. The van der Waals surface area contributed by atoms with Crippen molar-refractivity contribution in [2.75, 3.05) is 6.54 Å². The number of carboxylic acid groups (broad SMARTS) is 1. The predicted molar refractivity (Wildman–Crippen MR) is 135 cm³/mol. The Labute approximate surface area is 211 Å². The molecule has 0 heterocycles. The first-order chi connectivity index (χ1) is 16.5. The quantitative estimate of drug-likeness (QED) is 0.396. The molecule has 0 aromatic heterocycles. The van der Waals surface area contributed by atoms with Gasteiger partial charge in [-0.15, -0.1) is 0 Å². The van der Waals surface area contributed by atoms with Crippen LogP contribution in [-0.2, 0) is 9.59 Å². The molecule has 6 nitrogen and oxygen atoms in total. The van der Waals surface area contributed by atoms with Gasteiger partial charge in [0, 0.05) is 5.92 Å². The summed E-state index contributed by atoms with van der Waals surface area (Å²) in [5.74, 6) is 1.95. The van der Waals surface area contributed by atoms with Gasteiger partial charge in [-0.1, -0.05) is 40.5 Å². The molecule has 0 spiro atoms. The molecular formula is C29H49NO5. The number of carboxylic acids is 1. The van der Waals surface area contributed by atoms with Gasteiger partial charge in [0.1, 0.15) is 6.54 Å². The number of rotatable bonds is 8. The van der Waals surface area contributed by atoms with Gasteiger partial charge in [-0.3, -0.25) is 9.59 Å². The molecule has 4 aliphatic rings. The normalized spacial score (nSPS) is 44.5. The predicted octanol–water partition coefficient (Wildman–Crippen LogP) is 4.62. The van der Waals surface area contributed by atoms with Crippen LogP contribution < -0.4 is 5.32 Å². The van der Waals surface area contributed by atoms with Crippen molar-refractivity contribution in [3.05, 3.63) is 0 Å². The molecule has 6 heteroatoms. The summed E-state index contributed by atoms with van der Waals surface area (Å²) in [6.45, 7) is 8.94. The Morgan fingerprint density at radius 1 is 0.943 bits per heavy atom. The van der Waals surface area contributed by atoms with Gasteiger partial charge in [-0.25, -0.2) is 0 Å². The number of aliphatic hydroxyl groups is 2. The van der Waals surface area contributed by atoms with Crippen LogP contribution in [0.15, 0.2) is 0 Å². The average Bonchev–Trinajstić information content (AvgIpc) is 3.15. The molecule has 200 valence electrons. The first-order valence-electron chi connectivity index (χ1n) is 14.3. The van der Waals surface area contributed by atoms with Crippen molar-refractivity contribution < 1.29 is 24.9 Å². The van der Waals surface area contributed by atoms with E-state index in [4.69, 9.17) is 5.11 Å². The third-order valence-electron chi connectivity index (χ3n) is 11.6. The monoisotopic (exact) mass is 491 g/mol. The van der Waals surface area contributed by atoms with Gasteiger partial charge >= 0.3 is 5.97 Å². The minimum atomic E-state index is -1.01. The first kappa shape index (κ1) is 26.9. The second-order valence-corrected chi connectivity index (χ2v) is 13.4. The van der Waals surface area contributed by atoms with Crippen LogP contribution in [0.5, 0.6) is 0 Å². The SMILES string of the molecule is CC(CCC[C@@H](C)[C@H]1CC[C@H]2[C@@H]3[C@H](O)C[C@@H]4C[C@H](O)CC[C@]4(C)[C@H]3CC[C@]12C)C(=O)NCC(=O)O. The van der Waals surface area contributed by atoms with Gasteiger partial charge in [-0.2, -0.15) is 0 Å². The molecule has 0 aliphatic heterocycles. The summed E-state index contributed by atoms with van der Waals surface area (Å²) < 4.78 is 0. The molecule has 0 saturated heterocycles. The maximum Gasteiger partial charge on any atom is 0.322 e. The minimum Gasteiger partial charge on any atom is -0.480 e. The van der Waals surface area contributed by atoms with E-state index in [2.05, 4.69) is 26.1 Å². The third-order valence-corrected chi connectivity index (χ3v) is 11.6. The number of carbonyl (C=O) groups is 2. The Bertz CT molecular complexity index is 787. The van der Waals surface area contributed by atoms with E-state index in [0.717, 1.165) is 44.9 Å². The van der Waals surface area contributed by atoms with E-state index in [1.54, 1.807) is 0 Å². The molecular weight excluding hydrogens is 442 g/mol. The van der Waals surface area contributed by atoms with Gasteiger partial charge in [-0.05, 0) is 104 Å². The maximum atomic E-state index is 12.1. The van der Waals surface area contributed by atoms with Crippen molar-refractivity contribution in [1.29, 1.82) is 0 Å². The number of fused-ring (bicyclic) bond motifs is 5. The Hall–Kier alpha value is -1.14. The number of hydrogen-bond donors (Lipinski definition) is 4. The number of aliphatic hydroxyl groups excluding tert-OH is 2. The lowest BCUT2D eigenvalue weighted by atomic mass is 9.43. The Balaban J connectivity index is 1.36. The van der Waals surface area contributed by atoms with Crippen molar-refractivity contribution in [3.8, 4) is 0 Å². The Morgan fingerprint density at radius 3 is 2.34 bits per heavy atom.